The van der Waals surface area contributed by atoms with E-state index in [9.17, 15) is 8.78 Å². The first-order valence-electron chi connectivity index (χ1n) is 4.27. The van der Waals surface area contributed by atoms with Crippen molar-refractivity contribution < 1.29 is 8.78 Å². The number of aromatic nitrogens is 1. The minimum atomic E-state index is -2.47. The molecule has 0 spiro atoms. The summed E-state index contributed by atoms with van der Waals surface area (Å²) < 4.78 is 24.8. The van der Waals surface area contributed by atoms with Gasteiger partial charge >= 0.3 is 0 Å². The lowest BCUT2D eigenvalue weighted by Crippen LogP contribution is -2.00. The van der Waals surface area contributed by atoms with Gasteiger partial charge in [-0.2, -0.15) is 0 Å². The molecule has 0 saturated carbocycles. The number of hydrogen-bond acceptors (Lipinski definition) is 1. The van der Waals surface area contributed by atoms with Gasteiger partial charge in [0.25, 0.3) is 6.43 Å². The van der Waals surface area contributed by atoms with Gasteiger partial charge in [-0.25, -0.2) is 8.78 Å². The lowest BCUT2D eigenvalue weighted by molar-refractivity contribution is 0.145. The van der Waals surface area contributed by atoms with Crippen molar-refractivity contribution in [2.24, 2.45) is 0 Å². The van der Waals surface area contributed by atoms with Gasteiger partial charge < -0.3 is 0 Å². The summed E-state index contributed by atoms with van der Waals surface area (Å²) in [7, 11) is 0. The highest BCUT2D eigenvalue weighted by molar-refractivity contribution is 5.31. The first-order chi connectivity index (χ1) is 6.04. The fraction of sp³-hybridized carbons (Fsp3) is 0.500. The third kappa shape index (κ3) is 2.02. The Morgan fingerprint density at radius 3 is 2.38 bits per heavy atom. The molecule has 0 radical (unpaired) electrons. The molecular formula is C10H13F2N. The van der Waals surface area contributed by atoms with Gasteiger partial charge in [0.15, 0.2) is 0 Å². The molecule has 1 heterocycles. The molecule has 0 aliphatic heterocycles. The molecule has 0 aromatic carbocycles. The van der Waals surface area contributed by atoms with Gasteiger partial charge in [-0.3, -0.25) is 4.98 Å². The molecular weight excluding hydrogens is 172 g/mol. The summed E-state index contributed by atoms with van der Waals surface area (Å²) in [6, 6.07) is 1.80. The number of hydrogen-bond donors (Lipinski definition) is 0. The summed E-state index contributed by atoms with van der Waals surface area (Å²) in [4.78, 5) is 3.67. The highest BCUT2D eigenvalue weighted by Crippen LogP contribution is 2.26. The van der Waals surface area contributed by atoms with Crippen molar-refractivity contribution in [1.82, 2.24) is 4.98 Å². The van der Waals surface area contributed by atoms with Crippen molar-refractivity contribution in [2.45, 2.75) is 33.1 Å². The average molecular weight is 185 g/mol. The van der Waals surface area contributed by atoms with Crippen LogP contribution in [0.1, 0.15) is 43.0 Å². The van der Waals surface area contributed by atoms with Crippen LogP contribution in [0.4, 0.5) is 8.78 Å². The minimum absolute atomic E-state index is 0.0915. The van der Waals surface area contributed by atoms with Crippen molar-refractivity contribution in [3.63, 3.8) is 0 Å². The Morgan fingerprint density at radius 1 is 1.31 bits per heavy atom. The molecule has 1 nitrogen and oxygen atoms in total. The van der Waals surface area contributed by atoms with E-state index in [-0.39, 0.29) is 11.6 Å². The molecule has 1 rings (SSSR count). The zero-order valence-corrected chi connectivity index (χ0v) is 8.01. The van der Waals surface area contributed by atoms with Crippen LogP contribution in [0.25, 0.3) is 0 Å². The van der Waals surface area contributed by atoms with E-state index in [0.29, 0.717) is 5.56 Å². The van der Waals surface area contributed by atoms with E-state index in [2.05, 4.69) is 4.98 Å². The van der Waals surface area contributed by atoms with Crippen LogP contribution in [0.2, 0.25) is 0 Å². The smallest absolute Gasteiger partial charge is 0.255 e. The molecule has 0 N–H and O–H groups in total. The maximum atomic E-state index is 12.4. The van der Waals surface area contributed by atoms with Gasteiger partial charge in [-0.05, 0) is 30.0 Å². The van der Waals surface area contributed by atoms with E-state index < -0.39 is 6.43 Å². The number of rotatable bonds is 2. The predicted molar refractivity (Wildman–Crippen MR) is 48.0 cm³/mol. The molecule has 0 bridgehead atoms. The van der Waals surface area contributed by atoms with Crippen LogP contribution in [-0.2, 0) is 0 Å². The van der Waals surface area contributed by atoms with Crippen molar-refractivity contribution in [3.8, 4) is 0 Å². The Hall–Kier alpha value is -0.990. The SMILES string of the molecule is Cc1c(C(C)C)ccnc1C(F)F. The Morgan fingerprint density at radius 2 is 1.92 bits per heavy atom. The molecule has 13 heavy (non-hydrogen) atoms. The fourth-order valence-electron chi connectivity index (χ4n) is 1.41. The molecule has 0 aliphatic carbocycles. The fourth-order valence-corrected chi connectivity index (χ4v) is 1.41. The Kier molecular flexibility index (Phi) is 2.96. The quantitative estimate of drug-likeness (QED) is 0.687. The third-order valence-corrected chi connectivity index (χ3v) is 2.11. The Balaban J connectivity index is 3.18. The number of pyridine rings is 1. The molecule has 1 aromatic heterocycles. The van der Waals surface area contributed by atoms with Crippen molar-refractivity contribution in [1.29, 1.82) is 0 Å². The van der Waals surface area contributed by atoms with E-state index in [4.69, 9.17) is 0 Å². The number of halogens is 2. The van der Waals surface area contributed by atoms with Crippen LogP contribution in [-0.4, -0.2) is 4.98 Å². The van der Waals surface area contributed by atoms with E-state index >= 15 is 0 Å². The van der Waals surface area contributed by atoms with E-state index in [1.54, 1.807) is 13.0 Å². The average Bonchev–Trinajstić information content (AvgIpc) is 2.03. The topological polar surface area (TPSA) is 12.9 Å². The van der Waals surface area contributed by atoms with Crippen LogP contribution < -0.4 is 0 Å². The molecule has 0 aliphatic rings. The summed E-state index contributed by atoms with van der Waals surface area (Å²) >= 11 is 0. The molecule has 0 atom stereocenters. The van der Waals surface area contributed by atoms with E-state index in [1.165, 1.54) is 6.20 Å². The Bertz CT molecular complexity index is 269. The van der Waals surface area contributed by atoms with Crippen LogP contribution in [0.15, 0.2) is 12.3 Å². The Labute approximate surface area is 76.8 Å². The highest BCUT2D eigenvalue weighted by atomic mass is 19.3. The van der Waals surface area contributed by atoms with Crippen LogP contribution in [0, 0.1) is 6.92 Å². The molecule has 0 saturated heterocycles. The van der Waals surface area contributed by atoms with Crippen LogP contribution in [0.5, 0.6) is 0 Å². The minimum Gasteiger partial charge on any atom is -0.255 e. The summed E-state index contributed by atoms with van der Waals surface area (Å²) in [6.07, 6.45) is -1.03. The summed E-state index contributed by atoms with van der Waals surface area (Å²) in [5.74, 6) is 0.264. The van der Waals surface area contributed by atoms with Crippen LogP contribution >= 0.6 is 0 Å². The second-order valence-electron chi connectivity index (χ2n) is 3.37. The normalized spacial score (nSPS) is 11.3. The zero-order valence-electron chi connectivity index (χ0n) is 8.01. The summed E-state index contributed by atoms with van der Waals surface area (Å²) in [6.45, 7) is 5.67. The van der Waals surface area contributed by atoms with Gasteiger partial charge in [0.05, 0.1) is 0 Å². The maximum Gasteiger partial charge on any atom is 0.280 e. The van der Waals surface area contributed by atoms with E-state index in [0.717, 1.165) is 5.56 Å². The summed E-state index contributed by atoms with van der Waals surface area (Å²) in [5, 5.41) is 0. The van der Waals surface area contributed by atoms with Gasteiger partial charge in [0, 0.05) is 6.20 Å². The highest BCUT2D eigenvalue weighted by Gasteiger charge is 2.15. The number of nitrogens with zero attached hydrogens (tertiary/aromatic N) is 1. The van der Waals surface area contributed by atoms with Gasteiger partial charge in [0.1, 0.15) is 5.69 Å². The van der Waals surface area contributed by atoms with Gasteiger partial charge in [-0.1, -0.05) is 13.8 Å². The molecule has 3 heteroatoms. The first kappa shape index (κ1) is 10.1. The zero-order chi connectivity index (χ0) is 10.0. The second-order valence-corrected chi connectivity index (χ2v) is 3.37. The molecule has 0 fully saturated rings. The first-order valence-corrected chi connectivity index (χ1v) is 4.27. The lowest BCUT2D eigenvalue weighted by atomic mass is 9.98. The maximum absolute atomic E-state index is 12.4. The van der Waals surface area contributed by atoms with Gasteiger partial charge in [-0.15, -0.1) is 0 Å². The van der Waals surface area contributed by atoms with Crippen molar-refractivity contribution in [2.75, 3.05) is 0 Å². The summed E-state index contributed by atoms with van der Waals surface area (Å²) in [5.41, 5.74) is 1.48. The van der Waals surface area contributed by atoms with E-state index in [1.807, 2.05) is 13.8 Å². The predicted octanol–water partition coefficient (Wildman–Crippen LogP) is 3.45. The van der Waals surface area contributed by atoms with Gasteiger partial charge in [0.2, 0.25) is 0 Å². The molecule has 0 unspecified atom stereocenters. The van der Waals surface area contributed by atoms with Crippen molar-refractivity contribution in [3.05, 3.63) is 29.1 Å². The molecule has 1 aromatic rings. The number of alkyl halides is 2. The molecule has 0 amide bonds. The largest absolute Gasteiger partial charge is 0.280 e. The third-order valence-electron chi connectivity index (χ3n) is 2.11. The standard InChI is InChI=1S/C10H13F2N/c1-6(2)8-4-5-13-9(7(8)3)10(11)12/h4-6,10H,1-3H3. The molecule has 72 valence electrons. The van der Waals surface area contributed by atoms with Crippen molar-refractivity contribution >= 4 is 0 Å². The van der Waals surface area contributed by atoms with Crippen LogP contribution in [0.3, 0.4) is 0 Å². The lowest BCUT2D eigenvalue weighted by Gasteiger charge is -2.12. The monoisotopic (exact) mass is 185 g/mol. The second kappa shape index (κ2) is 3.81.